The van der Waals surface area contributed by atoms with Crippen LogP contribution in [0.1, 0.15) is 59.8 Å². The van der Waals surface area contributed by atoms with Crippen molar-refractivity contribution in [1.82, 2.24) is 9.55 Å². The lowest BCUT2D eigenvalue weighted by molar-refractivity contribution is -0.144. The monoisotopic (exact) mass is 624 g/mol. The lowest BCUT2D eigenvalue weighted by Crippen LogP contribution is -2.68. The van der Waals surface area contributed by atoms with Gasteiger partial charge in [0.1, 0.15) is 11.8 Å². The fourth-order valence-electron chi connectivity index (χ4n) is 5.75. The summed E-state index contributed by atoms with van der Waals surface area (Å²) < 4.78 is 22.4. The standard InChI is InChI=1S/C33H48N2O6Si2/c1-24-21-35(30(38)34-29(24)37)28-20-27(41-42(8,9)31(2,3)4)33(22-36,40-28)23-39-43(32(5,6)7,25-16-12-10-13-17-25)26-18-14-11-15-19-26/h10-19,21,27-28,36H,20,22-23H2,1-9H3,(H,34,37,38)/t27?,28-,33-/m1/s1. The minimum atomic E-state index is -2.98. The maximum Gasteiger partial charge on any atom is 0.330 e. The lowest BCUT2D eigenvalue weighted by Gasteiger charge is -2.46. The van der Waals surface area contributed by atoms with Gasteiger partial charge in [0, 0.05) is 18.2 Å². The largest absolute Gasteiger partial charge is 0.411 e. The first-order valence-electron chi connectivity index (χ1n) is 15.0. The molecule has 3 aromatic rings. The van der Waals surface area contributed by atoms with Crippen LogP contribution in [-0.4, -0.2) is 56.2 Å². The number of aliphatic hydroxyl groups is 1. The second-order valence-electron chi connectivity index (χ2n) is 14.3. The Labute approximate surface area is 257 Å². The van der Waals surface area contributed by atoms with Crippen molar-refractivity contribution < 1.29 is 18.7 Å². The molecule has 0 bridgehead atoms. The summed E-state index contributed by atoms with van der Waals surface area (Å²) in [7, 11) is -5.34. The number of nitrogens with zero attached hydrogens (tertiary/aromatic N) is 1. The number of rotatable bonds is 9. The van der Waals surface area contributed by atoms with Crippen LogP contribution in [0.4, 0.5) is 0 Å². The summed E-state index contributed by atoms with van der Waals surface area (Å²) in [6.45, 7) is 18.8. The number of hydrogen-bond acceptors (Lipinski definition) is 6. The SMILES string of the molecule is Cc1cn([C@H]2CC(O[Si](C)(C)C(C)(C)C)[C@@](CO)(CO[Si](c3ccccc3)(c3ccccc3)C(C)(C)C)O2)c(=O)[nH]c1=O. The van der Waals surface area contributed by atoms with Crippen molar-refractivity contribution in [2.24, 2.45) is 0 Å². The Bertz CT molecular complexity index is 1470. The third kappa shape index (κ3) is 6.32. The maximum absolute atomic E-state index is 13.0. The molecule has 0 aliphatic carbocycles. The number of aliphatic hydroxyl groups excluding tert-OH is 1. The van der Waals surface area contributed by atoms with Crippen LogP contribution in [-0.2, 0) is 13.6 Å². The molecule has 234 valence electrons. The van der Waals surface area contributed by atoms with Crippen LogP contribution >= 0.6 is 0 Å². The van der Waals surface area contributed by atoms with Crippen LogP contribution in [0.2, 0.25) is 23.2 Å². The summed E-state index contributed by atoms with van der Waals surface area (Å²) in [5.41, 5.74) is -1.85. The van der Waals surface area contributed by atoms with Gasteiger partial charge in [-0.05, 0) is 40.5 Å². The van der Waals surface area contributed by atoms with Crippen molar-refractivity contribution in [3.63, 3.8) is 0 Å². The minimum Gasteiger partial charge on any atom is -0.411 e. The van der Waals surface area contributed by atoms with Crippen molar-refractivity contribution >= 4 is 27.0 Å². The quantitative estimate of drug-likeness (QED) is 0.341. The van der Waals surface area contributed by atoms with Crippen LogP contribution in [0.3, 0.4) is 0 Å². The molecule has 2 N–H and O–H groups in total. The molecule has 3 atom stereocenters. The van der Waals surface area contributed by atoms with Crippen LogP contribution in [0.5, 0.6) is 0 Å². The normalized spacial score (nSPS) is 21.7. The number of nitrogens with one attached hydrogen (secondary N) is 1. The third-order valence-corrected chi connectivity index (χ3v) is 18.8. The molecule has 1 aromatic heterocycles. The van der Waals surface area contributed by atoms with Gasteiger partial charge in [-0.3, -0.25) is 14.3 Å². The Morgan fingerprint density at radius 2 is 1.49 bits per heavy atom. The van der Waals surface area contributed by atoms with Gasteiger partial charge in [0.25, 0.3) is 13.9 Å². The fourth-order valence-corrected chi connectivity index (χ4v) is 11.7. The van der Waals surface area contributed by atoms with Gasteiger partial charge in [0.05, 0.1) is 19.3 Å². The molecular formula is C33H48N2O6Si2. The average Bonchev–Trinajstić information content (AvgIpc) is 3.28. The zero-order valence-electron chi connectivity index (χ0n) is 27.1. The van der Waals surface area contributed by atoms with Crippen molar-refractivity contribution in [2.45, 2.75) is 96.0 Å². The molecule has 4 rings (SSSR count). The second-order valence-corrected chi connectivity index (χ2v) is 23.4. The molecule has 0 saturated carbocycles. The predicted octanol–water partition coefficient (Wildman–Crippen LogP) is 4.46. The molecule has 0 amide bonds. The van der Waals surface area contributed by atoms with Crippen molar-refractivity contribution in [3.05, 3.63) is 93.3 Å². The number of aryl methyl sites for hydroxylation is 1. The van der Waals surface area contributed by atoms with Gasteiger partial charge in [-0.1, -0.05) is 102 Å². The summed E-state index contributed by atoms with van der Waals surface area (Å²) >= 11 is 0. The van der Waals surface area contributed by atoms with Crippen molar-refractivity contribution in [2.75, 3.05) is 13.2 Å². The van der Waals surface area contributed by atoms with Gasteiger partial charge >= 0.3 is 5.69 Å². The summed E-state index contributed by atoms with van der Waals surface area (Å²) in [4.78, 5) is 27.5. The molecule has 10 heteroatoms. The van der Waals surface area contributed by atoms with E-state index in [1.54, 1.807) is 6.92 Å². The first kappa shape index (κ1) is 33.3. The summed E-state index contributed by atoms with van der Waals surface area (Å²) in [5, 5.41) is 13.0. The highest BCUT2D eigenvalue weighted by atomic mass is 28.4. The Kier molecular flexibility index (Phi) is 9.34. The number of ether oxygens (including phenoxy) is 1. The van der Waals surface area contributed by atoms with Crippen molar-refractivity contribution in [3.8, 4) is 0 Å². The van der Waals surface area contributed by atoms with Gasteiger partial charge in [-0.25, -0.2) is 4.79 Å². The van der Waals surface area contributed by atoms with Crippen molar-refractivity contribution in [1.29, 1.82) is 0 Å². The predicted molar refractivity (Wildman–Crippen MR) is 176 cm³/mol. The van der Waals surface area contributed by atoms with E-state index in [1.165, 1.54) is 10.8 Å². The molecule has 1 aliphatic heterocycles. The van der Waals surface area contributed by atoms with Crippen LogP contribution in [0.15, 0.2) is 76.4 Å². The Morgan fingerprint density at radius 3 is 1.95 bits per heavy atom. The van der Waals surface area contributed by atoms with E-state index in [1.807, 2.05) is 36.4 Å². The van der Waals surface area contributed by atoms with E-state index in [9.17, 15) is 14.7 Å². The van der Waals surface area contributed by atoms with Crippen LogP contribution in [0.25, 0.3) is 0 Å². The molecule has 0 spiro atoms. The van der Waals surface area contributed by atoms with Gasteiger partial charge in [0.2, 0.25) is 0 Å². The van der Waals surface area contributed by atoms with Gasteiger partial charge < -0.3 is 18.7 Å². The van der Waals surface area contributed by atoms with E-state index in [2.05, 4.69) is 83.9 Å². The molecule has 2 heterocycles. The first-order chi connectivity index (χ1) is 20.0. The Balaban J connectivity index is 1.85. The van der Waals surface area contributed by atoms with E-state index in [-0.39, 0.29) is 23.3 Å². The molecule has 1 saturated heterocycles. The van der Waals surface area contributed by atoms with E-state index >= 15 is 0 Å². The number of benzene rings is 2. The average molecular weight is 625 g/mol. The summed E-state index contributed by atoms with van der Waals surface area (Å²) in [5.74, 6) is 0. The highest BCUT2D eigenvalue weighted by Gasteiger charge is 2.57. The van der Waals surface area contributed by atoms with Crippen LogP contribution < -0.4 is 21.6 Å². The molecule has 8 nitrogen and oxygen atoms in total. The summed E-state index contributed by atoms with van der Waals surface area (Å²) in [6.07, 6.45) is 0.530. The smallest absolute Gasteiger partial charge is 0.330 e. The van der Waals surface area contributed by atoms with E-state index in [0.29, 0.717) is 12.0 Å². The Morgan fingerprint density at radius 1 is 0.953 bits per heavy atom. The molecule has 0 radical (unpaired) electrons. The van der Waals surface area contributed by atoms with Gasteiger partial charge in [-0.15, -0.1) is 0 Å². The second kappa shape index (κ2) is 12.1. The molecular weight excluding hydrogens is 577 g/mol. The number of H-pyrrole nitrogens is 1. The van der Waals surface area contributed by atoms with E-state index < -0.39 is 45.8 Å². The zero-order valence-corrected chi connectivity index (χ0v) is 29.1. The Hall–Kier alpha value is -2.61. The molecule has 1 fully saturated rings. The van der Waals surface area contributed by atoms with E-state index in [0.717, 1.165) is 10.4 Å². The number of hydrogen-bond donors (Lipinski definition) is 2. The summed E-state index contributed by atoms with van der Waals surface area (Å²) in [6, 6.07) is 20.6. The highest BCUT2D eigenvalue weighted by Crippen LogP contribution is 2.46. The first-order valence-corrected chi connectivity index (χ1v) is 19.8. The zero-order chi connectivity index (χ0) is 31.8. The fraction of sp³-hybridized carbons (Fsp3) is 0.515. The number of aromatic nitrogens is 2. The highest BCUT2D eigenvalue weighted by molar-refractivity contribution is 6.99. The molecule has 2 aromatic carbocycles. The van der Waals surface area contributed by atoms with Gasteiger partial charge in [-0.2, -0.15) is 0 Å². The molecule has 1 unspecified atom stereocenters. The minimum absolute atomic E-state index is 0.0592. The van der Waals surface area contributed by atoms with Crippen LogP contribution in [0, 0.1) is 6.92 Å². The van der Waals surface area contributed by atoms with E-state index in [4.69, 9.17) is 13.6 Å². The topological polar surface area (TPSA) is 103 Å². The third-order valence-electron chi connectivity index (χ3n) is 9.29. The molecule has 43 heavy (non-hydrogen) atoms. The van der Waals surface area contributed by atoms with Gasteiger partial charge in [0.15, 0.2) is 8.32 Å². The lowest BCUT2D eigenvalue weighted by atomic mass is 9.99. The number of aromatic amines is 1. The maximum atomic E-state index is 13.0. The molecule has 1 aliphatic rings.